The summed E-state index contributed by atoms with van der Waals surface area (Å²) in [6, 6.07) is 6.01. The smallest absolute Gasteiger partial charge is 0.312 e. The van der Waals surface area contributed by atoms with Crippen LogP contribution < -0.4 is 0 Å². The number of nitrogens with zero attached hydrogens (tertiary/aromatic N) is 1. The molecule has 94 valence electrons. The molecule has 1 N–H and O–H groups in total. The highest BCUT2D eigenvalue weighted by Gasteiger charge is 2.20. The lowest BCUT2D eigenvalue weighted by atomic mass is 10.0. The number of halogens is 1. The van der Waals surface area contributed by atoms with Crippen molar-refractivity contribution in [1.82, 2.24) is 4.98 Å². The molecule has 5 heteroatoms. The van der Waals surface area contributed by atoms with Crippen LogP contribution in [0, 0.1) is 5.82 Å². The van der Waals surface area contributed by atoms with Crippen molar-refractivity contribution in [3.05, 3.63) is 41.2 Å². The maximum Gasteiger partial charge on any atom is 0.312 e. The standard InChI is InChI=1S/C13H12FNO2S/c1-2-10(13(16)17)11-7-18-12(15-11)8-3-5-9(14)6-4-8/h3-7,10H,2H2,1H3,(H,16,17). The van der Waals surface area contributed by atoms with Gasteiger partial charge in [0.1, 0.15) is 10.8 Å². The molecule has 1 heterocycles. The predicted octanol–water partition coefficient (Wildman–Crippen LogP) is 3.53. The van der Waals surface area contributed by atoms with Crippen molar-refractivity contribution in [2.24, 2.45) is 0 Å². The van der Waals surface area contributed by atoms with Crippen molar-refractivity contribution in [2.75, 3.05) is 0 Å². The summed E-state index contributed by atoms with van der Waals surface area (Å²) >= 11 is 1.37. The monoisotopic (exact) mass is 265 g/mol. The Kier molecular flexibility index (Phi) is 3.72. The van der Waals surface area contributed by atoms with Crippen molar-refractivity contribution in [1.29, 1.82) is 0 Å². The third kappa shape index (κ3) is 2.56. The van der Waals surface area contributed by atoms with Crippen LogP contribution in [0.3, 0.4) is 0 Å². The average Bonchev–Trinajstić information content (AvgIpc) is 2.80. The van der Waals surface area contributed by atoms with E-state index in [4.69, 9.17) is 5.11 Å². The van der Waals surface area contributed by atoms with E-state index in [0.717, 1.165) is 5.56 Å². The quantitative estimate of drug-likeness (QED) is 0.920. The number of carboxylic acid groups (broad SMARTS) is 1. The van der Waals surface area contributed by atoms with E-state index >= 15 is 0 Å². The predicted molar refractivity (Wildman–Crippen MR) is 68.2 cm³/mol. The molecule has 0 amide bonds. The zero-order chi connectivity index (χ0) is 13.1. The van der Waals surface area contributed by atoms with E-state index in [-0.39, 0.29) is 5.82 Å². The van der Waals surface area contributed by atoms with Gasteiger partial charge in [-0.3, -0.25) is 4.79 Å². The van der Waals surface area contributed by atoms with Crippen molar-refractivity contribution in [2.45, 2.75) is 19.3 Å². The molecule has 0 bridgehead atoms. The second kappa shape index (κ2) is 5.27. The molecule has 2 aromatic rings. The van der Waals surface area contributed by atoms with Gasteiger partial charge in [0.05, 0.1) is 11.6 Å². The first kappa shape index (κ1) is 12.7. The van der Waals surface area contributed by atoms with Crippen LogP contribution in [0.15, 0.2) is 29.6 Å². The average molecular weight is 265 g/mol. The molecule has 18 heavy (non-hydrogen) atoms. The Balaban J connectivity index is 2.30. The minimum atomic E-state index is -0.867. The molecule has 0 aliphatic heterocycles. The molecular formula is C13H12FNO2S. The molecule has 0 spiro atoms. The van der Waals surface area contributed by atoms with Crippen molar-refractivity contribution < 1.29 is 14.3 Å². The maximum absolute atomic E-state index is 12.8. The molecular weight excluding hydrogens is 253 g/mol. The SMILES string of the molecule is CCC(C(=O)O)c1csc(-c2ccc(F)cc2)n1. The van der Waals surface area contributed by atoms with Crippen LogP contribution in [0.4, 0.5) is 4.39 Å². The number of hydrogen-bond acceptors (Lipinski definition) is 3. The molecule has 2 rings (SSSR count). The van der Waals surface area contributed by atoms with E-state index < -0.39 is 11.9 Å². The Morgan fingerprint density at radius 2 is 2.11 bits per heavy atom. The van der Waals surface area contributed by atoms with Gasteiger partial charge >= 0.3 is 5.97 Å². The molecule has 3 nitrogen and oxygen atoms in total. The Hall–Kier alpha value is -1.75. The van der Waals surface area contributed by atoms with E-state index in [2.05, 4.69) is 4.98 Å². The van der Waals surface area contributed by atoms with Gasteiger partial charge in [0.15, 0.2) is 0 Å². The largest absolute Gasteiger partial charge is 0.481 e. The van der Waals surface area contributed by atoms with E-state index in [9.17, 15) is 9.18 Å². The molecule has 0 fully saturated rings. The first-order valence-corrected chi connectivity index (χ1v) is 6.44. The van der Waals surface area contributed by atoms with Crippen LogP contribution >= 0.6 is 11.3 Å². The molecule has 0 radical (unpaired) electrons. The van der Waals surface area contributed by atoms with Gasteiger partial charge in [0.25, 0.3) is 0 Å². The van der Waals surface area contributed by atoms with Gasteiger partial charge in [-0.15, -0.1) is 11.3 Å². The molecule has 1 aromatic heterocycles. The third-order valence-corrected chi connectivity index (χ3v) is 3.59. The molecule has 1 aromatic carbocycles. The summed E-state index contributed by atoms with van der Waals surface area (Å²) in [5.74, 6) is -1.74. The van der Waals surface area contributed by atoms with E-state index in [0.29, 0.717) is 17.1 Å². The van der Waals surface area contributed by atoms with Crippen LogP contribution in [0.1, 0.15) is 25.0 Å². The summed E-state index contributed by atoms with van der Waals surface area (Å²) < 4.78 is 12.8. The molecule has 1 atom stereocenters. The first-order chi connectivity index (χ1) is 8.61. The number of hydrogen-bond donors (Lipinski definition) is 1. The van der Waals surface area contributed by atoms with Crippen molar-refractivity contribution in [3.63, 3.8) is 0 Å². The summed E-state index contributed by atoms with van der Waals surface area (Å²) in [6.45, 7) is 1.82. The third-order valence-electron chi connectivity index (χ3n) is 2.68. The van der Waals surface area contributed by atoms with Gasteiger partial charge < -0.3 is 5.11 Å². The van der Waals surface area contributed by atoms with E-state index in [1.165, 1.54) is 23.5 Å². The summed E-state index contributed by atoms with van der Waals surface area (Å²) in [7, 11) is 0. The number of thiazole rings is 1. The fourth-order valence-electron chi connectivity index (χ4n) is 1.68. The van der Waals surface area contributed by atoms with Crippen LogP contribution in [0.2, 0.25) is 0 Å². The number of rotatable bonds is 4. The Labute approximate surface area is 108 Å². The second-order valence-corrected chi connectivity index (χ2v) is 4.74. The lowest BCUT2D eigenvalue weighted by Crippen LogP contribution is -2.10. The number of carboxylic acids is 1. The number of aliphatic carboxylic acids is 1. The zero-order valence-electron chi connectivity index (χ0n) is 9.76. The highest BCUT2D eigenvalue weighted by Crippen LogP contribution is 2.28. The number of aromatic nitrogens is 1. The number of carbonyl (C=O) groups is 1. The molecule has 1 unspecified atom stereocenters. The minimum absolute atomic E-state index is 0.299. The van der Waals surface area contributed by atoms with Crippen molar-refractivity contribution in [3.8, 4) is 10.6 Å². The van der Waals surface area contributed by atoms with Gasteiger partial charge in [-0.2, -0.15) is 0 Å². The fraction of sp³-hybridized carbons (Fsp3) is 0.231. The van der Waals surface area contributed by atoms with Gasteiger partial charge in [-0.05, 0) is 30.7 Å². The van der Waals surface area contributed by atoms with Crippen LogP contribution in [0.5, 0.6) is 0 Å². The van der Waals surface area contributed by atoms with Crippen molar-refractivity contribution >= 4 is 17.3 Å². The molecule has 0 aliphatic rings. The summed E-state index contributed by atoms with van der Waals surface area (Å²) in [4.78, 5) is 15.4. The maximum atomic E-state index is 12.8. The lowest BCUT2D eigenvalue weighted by molar-refractivity contribution is -0.138. The highest BCUT2D eigenvalue weighted by molar-refractivity contribution is 7.13. The molecule has 0 saturated carbocycles. The van der Waals surface area contributed by atoms with Gasteiger partial charge in [0.2, 0.25) is 0 Å². The zero-order valence-corrected chi connectivity index (χ0v) is 10.6. The molecule has 0 aliphatic carbocycles. The van der Waals surface area contributed by atoms with Gasteiger partial charge in [0, 0.05) is 10.9 Å². The fourth-order valence-corrected chi connectivity index (χ4v) is 2.56. The molecule has 0 saturated heterocycles. The van der Waals surface area contributed by atoms with Crippen LogP contribution in [0.25, 0.3) is 10.6 Å². The van der Waals surface area contributed by atoms with Crippen LogP contribution in [-0.2, 0) is 4.79 Å². The minimum Gasteiger partial charge on any atom is -0.481 e. The lowest BCUT2D eigenvalue weighted by Gasteiger charge is -2.04. The Bertz CT molecular complexity index is 550. The Morgan fingerprint density at radius 3 is 2.67 bits per heavy atom. The van der Waals surface area contributed by atoms with E-state index in [1.807, 2.05) is 6.92 Å². The highest BCUT2D eigenvalue weighted by atomic mass is 32.1. The Morgan fingerprint density at radius 1 is 1.44 bits per heavy atom. The normalized spacial score (nSPS) is 12.3. The topological polar surface area (TPSA) is 50.2 Å². The first-order valence-electron chi connectivity index (χ1n) is 5.56. The summed E-state index contributed by atoms with van der Waals surface area (Å²) in [5.41, 5.74) is 1.36. The van der Waals surface area contributed by atoms with Gasteiger partial charge in [-0.1, -0.05) is 6.92 Å². The van der Waals surface area contributed by atoms with Crippen LogP contribution in [-0.4, -0.2) is 16.1 Å². The number of benzene rings is 1. The summed E-state index contributed by atoms with van der Waals surface area (Å²) in [6.07, 6.45) is 0.502. The summed E-state index contributed by atoms with van der Waals surface area (Å²) in [5, 5.41) is 11.5. The second-order valence-electron chi connectivity index (χ2n) is 3.88. The van der Waals surface area contributed by atoms with Gasteiger partial charge in [-0.25, -0.2) is 9.37 Å². The van der Waals surface area contributed by atoms with E-state index in [1.54, 1.807) is 17.5 Å².